The predicted octanol–water partition coefficient (Wildman–Crippen LogP) is 6.29. The molecule has 0 N–H and O–H groups in total. The van der Waals surface area contributed by atoms with Gasteiger partial charge in [-0.05, 0) is 54.0 Å². The number of hydrogen-bond donors (Lipinski definition) is 0. The Labute approximate surface area is 131 Å². The molecule has 2 rings (SSSR count). The molecule has 0 nitrogen and oxygen atoms in total. The Hall–Kier alpha value is -0.980. The number of halogens is 2. The van der Waals surface area contributed by atoms with E-state index in [2.05, 4.69) is 32.0 Å². The van der Waals surface area contributed by atoms with Crippen molar-refractivity contribution < 1.29 is 0 Å². The number of hydrogen-bond acceptors (Lipinski definition) is 0. The third-order valence-corrected chi connectivity index (χ3v) is 4.45. The minimum absolute atomic E-state index is 0.159. The van der Waals surface area contributed by atoms with Crippen LogP contribution in [0.15, 0.2) is 48.5 Å². The average Bonchev–Trinajstić information content (AvgIpc) is 2.41. The monoisotopic (exact) mass is 306 g/mol. The molecule has 0 spiro atoms. The van der Waals surface area contributed by atoms with Gasteiger partial charge in [0, 0.05) is 10.0 Å². The molecular formula is C18H20Cl2. The van der Waals surface area contributed by atoms with E-state index in [1.165, 1.54) is 11.1 Å². The van der Waals surface area contributed by atoms with Gasteiger partial charge in [0.25, 0.3) is 0 Å². The van der Waals surface area contributed by atoms with Gasteiger partial charge in [-0.2, -0.15) is 0 Å². The molecule has 0 heterocycles. The molecule has 0 aliphatic rings. The van der Waals surface area contributed by atoms with Gasteiger partial charge in [0.15, 0.2) is 0 Å². The van der Waals surface area contributed by atoms with E-state index in [0.717, 1.165) is 29.3 Å². The quantitative estimate of drug-likeness (QED) is 0.608. The zero-order valence-electron chi connectivity index (χ0n) is 12.0. The first-order chi connectivity index (χ1) is 9.49. The molecule has 20 heavy (non-hydrogen) atoms. The van der Waals surface area contributed by atoms with Crippen LogP contribution >= 0.6 is 23.2 Å². The molecule has 0 amide bonds. The van der Waals surface area contributed by atoms with Crippen LogP contribution in [-0.4, -0.2) is 0 Å². The Balaban J connectivity index is 1.96. The van der Waals surface area contributed by atoms with Gasteiger partial charge < -0.3 is 0 Å². The lowest BCUT2D eigenvalue weighted by Crippen LogP contribution is -2.17. The largest absolute Gasteiger partial charge is 0.0843 e. The van der Waals surface area contributed by atoms with Crippen molar-refractivity contribution in [3.8, 4) is 0 Å². The van der Waals surface area contributed by atoms with Crippen molar-refractivity contribution in [3.05, 3.63) is 69.7 Å². The van der Waals surface area contributed by atoms with Crippen LogP contribution in [0.2, 0.25) is 10.0 Å². The molecular weight excluding hydrogens is 287 g/mol. The molecule has 0 atom stereocenters. The molecule has 0 aliphatic carbocycles. The van der Waals surface area contributed by atoms with Crippen LogP contribution in [0.5, 0.6) is 0 Å². The molecule has 0 radical (unpaired) electrons. The summed E-state index contributed by atoms with van der Waals surface area (Å²) >= 11 is 12.1. The van der Waals surface area contributed by atoms with E-state index in [1.807, 2.05) is 30.3 Å². The summed E-state index contributed by atoms with van der Waals surface area (Å²) < 4.78 is 0. The second kappa shape index (κ2) is 6.65. The summed E-state index contributed by atoms with van der Waals surface area (Å²) in [6, 6.07) is 16.3. The van der Waals surface area contributed by atoms with Crippen molar-refractivity contribution in [1.29, 1.82) is 0 Å². The lowest BCUT2D eigenvalue weighted by molar-refractivity contribution is 0.461. The normalized spacial score (nSPS) is 11.6. The van der Waals surface area contributed by atoms with E-state index < -0.39 is 0 Å². The number of rotatable bonds is 5. The van der Waals surface area contributed by atoms with Gasteiger partial charge >= 0.3 is 0 Å². The molecule has 0 unspecified atom stereocenters. The van der Waals surface area contributed by atoms with Crippen LogP contribution in [-0.2, 0) is 11.8 Å². The molecule has 0 fully saturated rings. The third kappa shape index (κ3) is 4.01. The molecule has 2 aromatic carbocycles. The standard InChI is InChI=1S/C18H20Cl2/c1-18(2,15-9-11-16(19)12-10-15)13-5-7-14-6-3-4-8-17(14)20/h3-4,6,8-12H,5,7,13H2,1-2H3. The topological polar surface area (TPSA) is 0 Å². The number of benzene rings is 2. The lowest BCUT2D eigenvalue weighted by atomic mass is 9.80. The van der Waals surface area contributed by atoms with Crippen LogP contribution in [0.25, 0.3) is 0 Å². The van der Waals surface area contributed by atoms with Gasteiger partial charge in [-0.15, -0.1) is 0 Å². The second-order valence-corrected chi connectivity index (χ2v) is 6.68. The Morgan fingerprint density at radius 2 is 1.55 bits per heavy atom. The van der Waals surface area contributed by atoms with Gasteiger partial charge in [0.1, 0.15) is 0 Å². The maximum absolute atomic E-state index is 6.19. The fourth-order valence-corrected chi connectivity index (χ4v) is 2.82. The first kappa shape index (κ1) is 15.4. The van der Waals surface area contributed by atoms with E-state index in [0.29, 0.717) is 0 Å². The maximum Gasteiger partial charge on any atom is 0.0437 e. The highest BCUT2D eigenvalue weighted by Gasteiger charge is 2.20. The minimum atomic E-state index is 0.159. The van der Waals surface area contributed by atoms with Gasteiger partial charge in [0.05, 0.1) is 0 Å². The smallest absolute Gasteiger partial charge is 0.0437 e. The second-order valence-electron chi connectivity index (χ2n) is 5.84. The van der Waals surface area contributed by atoms with E-state index in [9.17, 15) is 0 Å². The predicted molar refractivity (Wildman–Crippen MR) is 88.9 cm³/mol. The average molecular weight is 307 g/mol. The summed E-state index contributed by atoms with van der Waals surface area (Å²) in [6.45, 7) is 4.56. The highest BCUT2D eigenvalue weighted by atomic mass is 35.5. The first-order valence-electron chi connectivity index (χ1n) is 6.98. The maximum atomic E-state index is 6.19. The SMILES string of the molecule is CC(C)(CCCc1ccccc1Cl)c1ccc(Cl)cc1. The van der Waals surface area contributed by atoms with Crippen LogP contribution in [0.1, 0.15) is 37.8 Å². The highest BCUT2D eigenvalue weighted by molar-refractivity contribution is 6.31. The Bertz CT molecular complexity index is 556. The van der Waals surface area contributed by atoms with E-state index >= 15 is 0 Å². The summed E-state index contributed by atoms with van der Waals surface area (Å²) in [4.78, 5) is 0. The van der Waals surface area contributed by atoms with E-state index in [4.69, 9.17) is 23.2 Å². The fraction of sp³-hybridized carbons (Fsp3) is 0.333. The van der Waals surface area contributed by atoms with Crippen LogP contribution in [0.4, 0.5) is 0 Å². The summed E-state index contributed by atoms with van der Waals surface area (Å²) in [7, 11) is 0. The summed E-state index contributed by atoms with van der Waals surface area (Å²) in [5, 5.41) is 1.66. The molecule has 0 aliphatic heterocycles. The van der Waals surface area contributed by atoms with E-state index in [-0.39, 0.29) is 5.41 Å². The molecule has 2 aromatic rings. The van der Waals surface area contributed by atoms with Gasteiger partial charge in [-0.3, -0.25) is 0 Å². The van der Waals surface area contributed by atoms with Gasteiger partial charge in [0.2, 0.25) is 0 Å². The highest BCUT2D eigenvalue weighted by Crippen LogP contribution is 2.30. The third-order valence-electron chi connectivity index (χ3n) is 3.83. The molecule has 0 aromatic heterocycles. The summed E-state index contributed by atoms with van der Waals surface area (Å²) in [5.74, 6) is 0. The Kier molecular flexibility index (Phi) is 5.12. The summed E-state index contributed by atoms with van der Waals surface area (Å²) in [6.07, 6.45) is 3.27. The molecule has 0 saturated heterocycles. The summed E-state index contributed by atoms with van der Waals surface area (Å²) in [5.41, 5.74) is 2.73. The van der Waals surface area contributed by atoms with Crippen molar-refractivity contribution >= 4 is 23.2 Å². The van der Waals surface area contributed by atoms with Crippen molar-refractivity contribution in [2.24, 2.45) is 0 Å². The zero-order chi connectivity index (χ0) is 14.6. The van der Waals surface area contributed by atoms with Gasteiger partial charge in [-0.25, -0.2) is 0 Å². The molecule has 0 saturated carbocycles. The lowest BCUT2D eigenvalue weighted by Gasteiger charge is -2.25. The van der Waals surface area contributed by atoms with Crippen LogP contribution in [0.3, 0.4) is 0 Å². The first-order valence-corrected chi connectivity index (χ1v) is 7.74. The molecule has 106 valence electrons. The Morgan fingerprint density at radius 1 is 0.900 bits per heavy atom. The fourth-order valence-electron chi connectivity index (χ4n) is 2.47. The number of aryl methyl sites for hydroxylation is 1. The van der Waals surface area contributed by atoms with Crippen molar-refractivity contribution in [1.82, 2.24) is 0 Å². The molecule has 2 heteroatoms. The minimum Gasteiger partial charge on any atom is -0.0843 e. The van der Waals surface area contributed by atoms with Crippen molar-refractivity contribution in [2.45, 2.75) is 38.5 Å². The zero-order valence-corrected chi connectivity index (χ0v) is 13.5. The van der Waals surface area contributed by atoms with Crippen molar-refractivity contribution in [2.75, 3.05) is 0 Å². The van der Waals surface area contributed by atoms with E-state index in [1.54, 1.807) is 0 Å². The molecule has 0 bridgehead atoms. The van der Waals surface area contributed by atoms with Crippen LogP contribution < -0.4 is 0 Å². The van der Waals surface area contributed by atoms with Crippen LogP contribution in [0, 0.1) is 0 Å². The van der Waals surface area contributed by atoms with Crippen molar-refractivity contribution in [3.63, 3.8) is 0 Å². The Morgan fingerprint density at radius 3 is 2.20 bits per heavy atom. The van der Waals surface area contributed by atoms with Gasteiger partial charge in [-0.1, -0.05) is 67.4 Å².